The summed E-state index contributed by atoms with van der Waals surface area (Å²) >= 11 is 6.32. The average molecular weight is 419 g/mol. The van der Waals surface area contributed by atoms with Gasteiger partial charge in [-0.3, -0.25) is 19.8 Å². The van der Waals surface area contributed by atoms with Crippen LogP contribution < -0.4 is 15.0 Å². The zero-order valence-corrected chi connectivity index (χ0v) is 17.1. The lowest BCUT2D eigenvalue weighted by Gasteiger charge is -2.36. The fraction of sp³-hybridized carbons (Fsp3) is 0.350. The summed E-state index contributed by atoms with van der Waals surface area (Å²) in [5.41, 5.74) is 2.22. The third kappa shape index (κ3) is 4.96. The first kappa shape index (κ1) is 20.9. The number of methoxy groups -OCH3 is 1. The molecule has 2 aromatic rings. The van der Waals surface area contributed by atoms with E-state index in [4.69, 9.17) is 16.3 Å². The molecule has 1 N–H and O–H groups in total. The maximum Gasteiger partial charge on any atom is 0.271 e. The molecule has 1 heterocycles. The van der Waals surface area contributed by atoms with Gasteiger partial charge in [0.25, 0.3) is 5.69 Å². The summed E-state index contributed by atoms with van der Waals surface area (Å²) in [6.07, 6.45) is 0. The van der Waals surface area contributed by atoms with Crippen molar-refractivity contribution in [2.24, 2.45) is 0 Å². The number of nitrogens with zero attached hydrogens (tertiary/aromatic N) is 3. The Bertz CT molecular complexity index is 890. The van der Waals surface area contributed by atoms with Gasteiger partial charge in [0.1, 0.15) is 5.75 Å². The van der Waals surface area contributed by atoms with Crippen molar-refractivity contribution in [1.29, 1.82) is 0 Å². The summed E-state index contributed by atoms with van der Waals surface area (Å²) in [7, 11) is 1.57. The van der Waals surface area contributed by atoms with Crippen molar-refractivity contribution in [1.82, 2.24) is 4.90 Å². The summed E-state index contributed by atoms with van der Waals surface area (Å²) in [6.45, 7) is 4.83. The summed E-state index contributed by atoms with van der Waals surface area (Å²) in [6, 6.07) is 10.2. The van der Waals surface area contributed by atoms with Crippen LogP contribution in [0, 0.1) is 17.0 Å². The molecular weight excluding hydrogens is 396 g/mol. The van der Waals surface area contributed by atoms with E-state index in [9.17, 15) is 14.9 Å². The summed E-state index contributed by atoms with van der Waals surface area (Å²) in [5.74, 6) is 0.515. The van der Waals surface area contributed by atoms with Crippen LogP contribution in [-0.2, 0) is 4.79 Å². The molecule has 0 aromatic heterocycles. The van der Waals surface area contributed by atoms with Crippen LogP contribution >= 0.6 is 11.6 Å². The van der Waals surface area contributed by atoms with Crippen molar-refractivity contribution in [2.75, 3.05) is 50.1 Å². The number of halogens is 1. The predicted octanol–water partition coefficient (Wildman–Crippen LogP) is 3.33. The first-order chi connectivity index (χ1) is 13.9. The van der Waals surface area contributed by atoms with Gasteiger partial charge < -0.3 is 15.0 Å². The number of rotatable bonds is 6. The highest BCUT2D eigenvalue weighted by Gasteiger charge is 2.23. The largest absolute Gasteiger partial charge is 0.495 e. The van der Waals surface area contributed by atoms with Crippen molar-refractivity contribution in [3.8, 4) is 5.75 Å². The molecule has 0 spiro atoms. The van der Waals surface area contributed by atoms with Crippen LogP contribution in [0.1, 0.15) is 5.56 Å². The minimum Gasteiger partial charge on any atom is -0.495 e. The molecule has 9 heteroatoms. The zero-order valence-electron chi connectivity index (χ0n) is 16.4. The lowest BCUT2D eigenvalue weighted by Crippen LogP contribution is -2.49. The highest BCUT2D eigenvalue weighted by Crippen LogP contribution is 2.34. The standard InChI is InChI=1S/C20H23ClN4O4/c1-14-11-15(25(27)28)12-16(21)20(14)24-9-7-23(8-10-24)13-19(26)22-17-5-3-4-6-18(17)29-2/h3-6,11-12H,7-10,13H2,1-2H3,(H,22,26). The Kier molecular flexibility index (Phi) is 6.56. The Morgan fingerprint density at radius 1 is 1.24 bits per heavy atom. The molecule has 1 aliphatic rings. The van der Waals surface area contributed by atoms with Crippen molar-refractivity contribution in [3.63, 3.8) is 0 Å². The topological polar surface area (TPSA) is 88.0 Å². The number of amides is 1. The summed E-state index contributed by atoms with van der Waals surface area (Å²) < 4.78 is 5.26. The van der Waals surface area contributed by atoms with Gasteiger partial charge >= 0.3 is 0 Å². The van der Waals surface area contributed by atoms with E-state index in [1.807, 2.05) is 19.1 Å². The molecular formula is C20H23ClN4O4. The van der Waals surface area contributed by atoms with Gasteiger partial charge in [-0.2, -0.15) is 0 Å². The van der Waals surface area contributed by atoms with Crippen LogP contribution in [0.5, 0.6) is 5.75 Å². The number of carbonyl (C=O) groups is 1. The molecule has 1 aliphatic heterocycles. The Labute approximate surface area is 174 Å². The van der Waals surface area contributed by atoms with Crippen LogP contribution in [0.4, 0.5) is 17.1 Å². The zero-order chi connectivity index (χ0) is 21.0. The number of hydrogen-bond acceptors (Lipinski definition) is 6. The second-order valence-electron chi connectivity index (χ2n) is 6.86. The van der Waals surface area contributed by atoms with Crippen LogP contribution in [0.3, 0.4) is 0 Å². The summed E-state index contributed by atoms with van der Waals surface area (Å²) in [5, 5.41) is 14.2. The van der Waals surface area contributed by atoms with Crippen molar-refractivity contribution in [3.05, 3.63) is 57.1 Å². The molecule has 2 aromatic carbocycles. The van der Waals surface area contributed by atoms with Crippen molar-refractivity contribution < 1.29 is 14.5 Å². The van der Waals surface area contributed by atoms with Crippen LogP contribution in [0.25, 0.3) is 0 Å². The molecule has 3 rings (SSSR count). The van der Waals surface area contributed by atoms with E-state index in [0.717, 1.165) is 11.3 Å². The monoisotopic (exact) mass is 418 g/mol. The van der Waals surface area contributed by atoms with Gasteiger partial charge in [0.2, 0.25) is 5.91 Å². The molecule has 0 radical (unpaired) electrons. The van der Waals surface area contributed by atoms with Gasteiger partial charge in [-0.1, -0.05) is 23.7 Å². The minimum absolute atomic E-state index is 0.0112. The Morgan fingerprint density at radius 2 is 1.93 bits per heavy atom. The van der Waals surface area contributed by atoms with E-state index in [0.29, 0.717) is 42.6 Å². The Balaban J connectivity index is 1.58. The maximum atomic E-state index is 12.4. The first-order valence-corrected chi connectivity index (χ1v) is 9.61. The molecule has 0 saturated carbocycles. The number of para-hydroxylation sites is 2. The summed E-state index contributed by atoms with van der Waals surface area (Å²) in [4.78, 5) is 27.1. The van der Waals surface area contributed by atoms with Crippen molar-refractivity contribution in [2.45, 2.75) is 6.92 Å². The van der Waals surface area contributed by atoms with Crippen LogP contribution in [0.15, 0.2) is 36.4 Å². The Morgan fingerprint density at radius 3 is 2.55 bits per heavy atom. The SMILES string of the molecule is COc1ccccc1NC(=O)CN1CCN(c2c(C)cc([N+](=O)[O-])cc2Cl)CC1. The van der Waals surface area contributed by atoms with E-state index in [1.54, 1.807) is 19.2 Å². The number of nitro groups is 1. The van der Waals surface area contributed by atoms with Gasteiger partial charge in [0.15, 0.2) is 0 Å². The second-order valence-corrected chi connectivity index (χ2v) is 7.27. The van der Waals surface area contributed by atoms with Gasteiger partial charge in [0, 0.05) is 38.3 Å². The van der Waals surface area contributed by atoms with Crippen LogP contribution in [0.2, 0.25) is 5.02 Å². The number of aryl methyl sites for hydroxylation is 1. The molecule has 0 atom stereocenters. The number of nitrogens with one attached hydrogen (secondary N) is 1. The smallest absolute Gasteiger partial charge is 0.271 e. The quantitative estimate of drug-likeness (QED) is 0.572. The molecule has 0 unspecified atom stereocenters. The second kappa shape index (κ2) is 9.11. The molecule has 29 heavy (non-hydrogen) atoms. The van der Waals surface area contributed by atoms with E-state index >= 15 is 0 Å². The molecule has 1 fully saturated rings. The number of anilines is 2. The van der Waals surface area contributed by atoms with Gasteiger partial charge in [0.05, 0.1) is 35.0 Å². The van der Waals surface area contributed by atoms with E-state index < -0.39 is 4.92 Å². The van der Waals surface area contributed by atoms with Gasteiger partial charge in [-0.15, -0.1) is 0 Å². The van der Waals surface area contributed by atoms with Gasteiger partial charge in [-0.25, -0.2) is 0 Å². The number of carbonyl (C=O) groups excluding carboxylic acids is 1. The third-order valence-electron chi connectivity index (χ3n) is 4.89. The number of nitro benzene ring substituents is 1. The number of non-ortho nitro benzene ring substituents is 1. The number of hydrogen-bond donors (Lipinski definition) is 1. The highest BCUT2D eigenvalue weighted by molar-refractivity contribution is 6.33. The number of piperazine rings is 1. The first-order valence-electron chi connectivity index (χ1n) is 9.23. The lowest BCUT2D eigenvalue weighted by atomic mass is 10.1. The molecule has 1 amide bonds. The number of benzene rings is 2. The van der Waals surface area contributed by atoms with E-state index in [2.05, 4.69) is 15.1 Å². The molecule has 0 aliphatic carbocycles. The van der Waals surface area contributed by atoms with E-state index in [1.165, 1.54) is 12.1 Å². The lowest BCUT2D eigenvalue weighted by molar-refractivity contribution is -0.384. The highest BCUT2D eigenvalue weighted by atomic mass is 35.5. The normalized spacial score (nSPS) is 14.5. The maximum absolute atomic E-state index is 12.4. The molecule has 0 bridgehead atoms. The third-order valence-corrected chi connectivity index (χ3v) is 5.17. The fourth-order valence-electron chi connectivity index (χ4n) is 3.49. The minimum atomic E-state index is -0.444. The fourth-order valence-corrected chi connectivity index (χ4v) is 3.87. The van der Waals surface area contributed by atoms with Crippen molar-refractivity contribution >= 4 is 34.6 Å². The van der Waals surface area contributed by atoms with Crippen LogP contribution in [-0.4, -0.2) is 55.6 Å². The number of ether oxygens (including phenoxy) is 1. The van der Waals surface area contributed by atoms with E-state index in [-0.39, 0.29) is 18.1 Å². The van der Waals surface area contributed by atoms with Gasteiger partial charge in [-0.05, 0) is 24.6 Å². The molecule has 1 saturated heterocycles. The average Bonchev–Trinajstić information content (AvgIpc) is 2.69. The predicted molar refractivity (Wildman–Crippen MR) is 113 cm³/mol. The Hall–Kier alpha value is -2.84. The molecule has 154 valence electrons. The molecule has 8 nitrogen and oxygen atoms in total.